The van der Waals surface area contributed by atoms with E-state index in [9.17, 15) is 4.79 Å². The predicted octanol–water partition coefficient (Wildman–Crippen LogP) is 4.12. The molecule has 0 aliphatic carbocycles. The monoisotopic (exact) mass is 381 g/mol. The van der Waals surface area contributed by atoms with E-state index in [1.54, 1.807) is 12.4 Å². The molecule has 0 radical (unpaired) electrons. The van der Waals surface area contributed by atoms with Crippen LogP contribution in [0.1, 0.15) is 49.7 Å². The second kappa shape index (κ2) is 9.04. The number of amides is 1. The zero-order valence-corrected chi connectivity index (χ0v) is 17.4. The molecule has 0 bridgehead atoms. The first-order valence-electron chi connectivity index (χ1n) is 10.3. The van der Waals surface area contributed by atoms with Crippen LogP contribution in [0.3, 0.4) is 0 Å². The molecule has 1 unspecified atom stereocenters. The van der Waals surface area contributed by atoms with Crippen LogP contribution in [0.2, 0.25) is 0 Å². The van der Waals surface area contributed by atoms with Crippen molar-refractivity contribution in [2.45, 2.75) is 40.5 Å². The highest BCUT2D eigenvalue weighted by molar-refractivity contribution is 6.03. The second-order valence-corrected chi connectivity index (χ2v) is 7.58. The number of anilines is 3. The molecule has 0 spiro atoms. The minimum absolute atomic E-state index is 0.232. The fraction of sp³-hybridized carbons (Fsp3) is 0.500. The Labute approximate surface area is 168 Å². The van der Waals surface area contributed by atoms with Crippen LogP contribution in [-0.2, 0) is 0 Å². The number of carbonyl (C=O) groups excluding carboxylic acids is 1. The van der Waals surface area contributed by atoms with Gasteiger partial charge in [-0.1, -0.05) is 6.92 Å². The summed E-state index contributed by atoms with van der Waals surface area (Å²) in [6.07, 6.45) is 5.72. The highest BCUT2D eigenvalue weighted by Gasteiger charge is 2.18. The lowest BCUT2D eigenvalue weighted by Gasteiger charge is -2.31. The fourth-order valence-electron chi connectivity index (χ4n) is 3.76. The maximum Gasteiger partial charge on any atom is 0.275 e. The lowest BCUT2D eigenvalue weighted by Crippen LogP contribution is -2.35. The van der Waals surface area contributed by atoms with Gasteiger partial charge in [-0.2, -0.15) is 0 Å². The van der Waals surface area contributed by atoms with Crippen molar-refractivity contribution in [2.24, 2.45) is 5.92 Å². The first-order chi connectivity index (χ1) is 13.5. The van der Waals surface area contributed by atoms with E-state index in [-0.39, 0.29) is 5.91 Å². The van der Waals surface area contributed by atoms with Crippen molar-refractivity contribution in [1.82, 2.24) is 9.97 Å². The number of aromatic nitrogens is 2. The quantitative estimate of drug-likeness (QED) is 0.815. The molecule has 1 aromatic carbocycles. The second-order valence-electron chi connectivity index (χ2n) is 7.58. The lowest BCUT2D eigenvalue weighted by molar-refractivity contribution is 0.102. The van der Waals surface area contributed by atoms with Crippen molar-refractivity contribution in [3.05, 3.63) is 41.9 Å². The molecule has 2 heterocycles. The largest absolute Gasteiger partial charge is 0.372 e. The topological polar surface area (TPSA) is 61.4 Å². The van der Waals surface area contributed by atoms with Crippen molar-refractivity contribution in [1.29, 1.82) is 0 Å². The van der Waals surface area contributed by atoms with Crippen molar-refractivity contribution in [3.8, 4) is 0 Å². The molecule has 2 aromatic rings. The van der Waals surface area contributed by atoms with Crippen LogP contribution in [0.4, 0.5) is 17.2 Å². The van der Waals surface area contributed by atoms with Crippen LogP contribution >= 0.6 is 0 Å². The highest BCUT2D eigenvalue weighted by Crippen LogP contribution is 2.24. The van der Waals surface area contributed by atoms with Crippen molar-refractivity contribution >= 4 is 23.1 Å². The van der Waals surface area contributed by atoms with Crippen LogP contribution in [0.15, 0.2) is 30.6 Å². The number of rotatable bonds is 6. The van der Waals surface area contributed by atoms with Gasteiger partial charge in [0.05, 0.1) is 12.4 Å². The summed E-state index contributed by atoms with van der Waals surface area (Å²) in [7, 11) is 0. The minimum atomic E-state index is -0.232. The van der Waals surface area contributed by atoms with E-state index in [0.717, 1.165) is 43.2 Å². The number of hydrogen-bond donors (Lipinski definition) is 1. The molecule has 1 aliphatic rings. The number of aryl methyl sites for hydroxylation is 1. The standard InChI is InChI=1S/C22H31N5O/c1-5-26(6-2)18-9-10-19(17(4)12-18)25-22(28)20-13-24-21(14-23-20)27-11-7-8-16(3)15-27/h9-10,12-14,16H,5-8,11,15H2,1-4H3,(H,25,28). The van der Waals surface area contributed by atoms with E-state index < -0.39 is 0 Å². The van der Waals surface area contributed by atoms with Crippen LogP contribution in [0, 0.1) is 12.8 Å². The Kier molecular flexibility index (Phi) is 6.49. The Balaban J connectivity index is 1.67. The van der Waals surface area contributed by atoms with Gasteiger partial charge in [-0.05, 0) is 63.3 Å². The molecule has 1 atom stereocenters. The van der Waals surface area contributed by atoms with Gasteiger partial charge in [0.1, 0.15) is 11.5 Å². The van der Waals surface area contributed by atoms with E-state index in [1.165, 1.54) is 18.5 Å². The number of carbonyl (C=O) groups is 1. The molecular formula is C22H31N5O. The zero-order chi connectivity index (χ0) is 20.1. The van der Waals surface area contributed by atoms with Gasteiger partial charge in [0, 0.05) is 37.6 Å². The van der Waals surface area contributed by atoms with Crippen LogP contribution in [0.5, 0.6) is 0 Å². The Morgan fingerprint density at radius 1 is 1.25 bits per heavy atom. The van der Waals surface area contributed by atoms with Crippen LogP contribution in [-0.4, -0.2) is 42.1 Å². The third-order valence-corrected chi connectivity index (χ3v) is 5.44. The number of hydrogen-bond acceptors (Lipinski definition) is 5. The maximum absolute atomic E-state index is 12.6. The molecule has 6 heteroatoms. The summed E-state index contributed by atoms with van der Waals surface area (Å²) in [6.45, 7) is 12.5. The molecule has 1 N–H and O–H groups in total. The normalized spacial score (nSPS) is 16.7. The Morgan fingerprint density at radius 3 is 2.64 bits per heavy atom. The van der Waals surface area contributed by atoms with E-state index in [2.05, 4.69) is 51.9 Å². The Hall–Kier alpha value is -2.63. The van der Waals surface area contributed by atoms with Crippen LogP contribution < -0.4 is 15.1 Å². The molecule has 1 aliphatic heterocycles. The summed E-state index contributed by atoms with van der Waals surface area (Å²) in [5.74, 6) is 1.29. The first kappa shape index (κ1) is 20.1. The van der Waals surface area contributed by atoms with Gasteiger partial charge < -0.3 is 15.1 Å². The summed E-state index contributed by atoms with van der Waals surface area (Å²) >= 11 is 0. The van der Waals surface area contributed by atoms with Crippen molar-refractivity contribution in [3.63, 3.8) is 0 Å². The fourth-order valence-corrected chi connectivity index (χ4v) is 3.76. The van der Waals surface area contributed by atoms with Gasteiger partial charge in [0.2, 0.25) is 0 Å². The van der Waals surface area contributed by atoms with Gasteiger partial charge >= 0.3 is 0 Å². The van der Waals surface area contributed by atoms with Gasteiger partial charge in [-0.25, -0.2) is 9.97 Å². The lowest BCUT2D eigenvalue weighted by atomic mass is 10.0. The Morgan fingerprint density at radius 2 is 2.04 bits per heavy atom. The maximum atomic E-state index is 12.6. The van der Waals surface area contributed by atoms with Gasteiger partial charge in [-0.15, -0.1) is 0 Å². The molecule has 1 amide bonds. The summed E-state index contributed by atoms with van der Waals surface area (Å²) in [5.41, 5.74) is 3.34. The molecule has 6 nitrogen and oxygen atoms in total. The molecule has 3 rings (SSSR count). The average molecular weight is 382 g/mol. The summed E-state index contributed by atoms with van der Waals surface area (Å²) in [4.78, 5) is 26.0. The van der Waals surface area contributed by atoms with E-state index >= 15 is 0 Å². The number of piperidine rings is 1. The molecule has 1 aromatic heterocycles. The minimum Gasteiger partial charge on any atom is -0.372 e. The van der Waals surface area contributed by atoms with Crippen molar-refractivity contribution < 1.29 is 4.79 Å². The smallest absolute Gasteiger partial charge is 0.275 e. The number of benzene rings is 1. The zero-order valence-electron chi connectivity index (χ0n) is 17.4. The third kappa shape index (κ3) is 4.61. The molecule has 28 heavy (non-hydrogen) atoms. The first-order valence-corrected chi connectivity index (χ1v) is 10.3. The van der Waals surface area contributed by atoms with Gasteiger partial charge in [-0.3, -0.25) is 4.79 Å². The Bertz CT molecular complexity index is 801. The number of nitrogens with zero attached hydrogens (tertiary/aromatic N) is 4. The molecule has 1 saturated heterocycles. The number of nitrogens with one attached hydrogen (secondary N) is 1. The van der Waals surface area contributed by atoms with Crippen molar-refractivity contribution in [2.75, 3.05) is 41.3 Å². The molecule has 0 saturated carbocycles. The van der Waals surface area contributed by atoms with Gasteiger partial charge in [0.25, 0.3) is 5.91 Å². The van der Waals surface area contributed by atoms with E-state index in [4.69, 9.17) is 0 Å². The molecular weight excluding hydrogens is 350 g/mol. The van der Waals surface area contributed by atoms with E-state index in [0.29, 0.717) is 11.6 Å². The van der Waals surface area contributed by atoms with Gasteiger partial charge in [0.15, 0.2) is 0 Å². The summed E-state index contributed by atoms with van der Waals surface area (Å²) in [6, 6.07) is 6.11. The average Bonchev–Trinajstić information content (AvgIpc) is 2.71. The summed E-state index contributed by atoms with van der Waals surface area (Å²) in [5, 5.41) is 2.96. The SMILES string of the molecule is CCN(CC)c1ccc(NC(=O)c2cnc(N3CCCC(C)C3)cn2)c(C)c1. The highest BCUT2D eigenvalue weighted by atomic mass is 16.1. The molecule has 150 valence electrons. The molecule has 1 fully saturated rings. The van der Waals surface area contributed by atoms with E-state index in [1.807, 2.05) is 19.1 Å². The van der Waals surface area contributed by atoms with Crippen LogP contribution in [0.25, 0.3) is 0 Å². The summed E-state index contributed by atoms with van der Waals surface area (Å²) < 4.78 is 0. The predicted molar refractivity (Wildman–Crippen MR) is 115 cm³/mol. The third-order valence-electron chi connectivity index (χ3n) is 5.44.